The number of alkyl halides is 16. The Bertz CT molecular complexity index is 625. The number of hydrogen-bond donors (Lipinski definition) is 0. The molecule has 0 rings (SSSR count). The van der Waals surface area contributed by atoms with Gasteiger partial charge in [-0.3, -0.25) is 0 Å². The molecule has 1 unspecified atom stereocenters. The maximum Gasteiger partial charge on any atom is 0.460 e. The fourth-order valence-corrected chi connectivity index (χ4v) is 3.45. The van der Waals surface area contributed by atoms with E-state index in [1.54, 1.807) is 6.92 Å². The van der Waals surface area contributed by atoms with Gasteiger partial charge in [0.05, 0.1) is 0 Å². The molecule has 0 N–H and O–H groups in total. The van der Waals surface area contributed by atoms with E-state index in [0.717, 1.165) is 6.92 Å². The highest BCUT2D eigenvalue weighted by Gasteiger charge is 2.93. The normalized spacial score (nSPS) is 17.4. The van der Waals surface area contributed by atoms with Crippen molar-refractivity contribution < 1.29 is 65.9 Å². The van der Waals surface area contributed by atoms with Gasteiger partial charge in [-0.15, -0.1) is 0 Å². The maximum absolute atomic E-state index is 14.1. The summed E-state index contributed by atoms with van der Waals surface area (Å²) in [6.07, 6.45) is -9.57. The van der Waals surface area contributed by atoms with Gasteiger partial charge >= 0.3 is 41.7 Å². The van der Waals surface area contributed by atoms with E-state index in [4.69, 9.17) is 0 Å². The summed E-state index contributed by atoms with van der Waals surface area (Å²) in [6.45, 7) is 2.81. The highest BCUT2D eigenvalue weighted by atomic mass is 127. The van der Waals surface area contributed by atoms with Crippen molar-refractivity contribution in [2.45, 2.75) is 97.5 Å². The lowest BCUT2D eigenvalue weighted by Crippen LogP contribution is -2.72. The van der Waals surface area contributed by atoms with E-state index in [2.05, 4.69) is 0 Å². The van der Waals surface area contributed by atoms with E-state index < -0.39 is 58.0 Å². The summed E-state index contributed by atoms with van der Waals surface area (Å²) >= 11 is 1.17. The van der Waals surface area contributed by atoms with Gasteiger partial charge in [0, 0.05) is 9.84 Å². The first-order valence-electron chi connectivity index (χ1n) is 8.85. The molecule has 0 saturated heterocycles. The Kier molecular flexibility index (Phi) is 9.29. The van der Waals surface area contributed by atoms with Crippen molar-refractivity contribution in [3.05, 3.63) is 0 Å². The van der Waals surface area contributed by atoms with Gasteiger partial charge in [0.1, 0.15) is 0 Å². The minimum absolute atomic E-state index is 0.108. The van der Waals surface area contributed by atoms with Crippen LogP contribution in [0, 0.1) is 0 Å². The van der Waals surface area contributed by atoms with Crippen molar-refractivity contribution in [1.29, 1.82) is 0 Å². The monoisotopic (exact) mass is 622 g/mol. The second-order valence-corrected chi connectivity index (χ2v) is 9.50. The van der Waals surface area contributed by atoms with E-state index in [0.29, 0.717) is 12.8 Å². The largest absolute Gasteiger partial charge is 0.460 e. The second kappa shape index (κ2) is 9.38. The molecule has 0 aliphatic carbocycles. The molecule has 0 aromatic rings. The first-order valence-corrected chi connectivity index (χ1v) is 9.93. The van der Waals surface area contributed by atoms with Crippen LogP contribution in [0.15, 0.2) is 0 Å². The molecule has 0 amide bonds. The van der Waals surface area contributed by atoms with Crippen LogP contribution in [0.25, 0.3) is 0 Å². The molecule has 1 atom stereocenters. The Morgan fingerprint density at radius 1 is 0.531 bits per heavy atom. The SMILES string of the molecule is CCCCCC(I)(CC)CC(F)(F)C(F)(F)C(F)(F)C(F)(F)C(F)(F)C(F)(F)C(F)(F)F. The molecule has 32 heavy (non-hydrogen) atoms. The Labute approximate surface area is 186 Å². The minimum Gasteiger partial charge on any atom is -0.200 e. The van der Waals surface area contributed by atoms with E-state index in [9.17, 15) is 65.9 Å². The van der Waals surface area contributed by atoms with Gasteiger partial charge in [0.25, 0.3) is 0 Å². The van der Waals surface area contributed by atoms with Crippen LogP contribution in [0.5, 0.6) is 0 Å². The van der Waals surface area contributed by atoms with Crippen LogP contribution in [-0.2, 0) is 0 Å². The van der Waals surface area contributed by atoms with Crippen LogP contribution in [0.2, 0.25) is 0 Å². The fraction of sp³-hybridized carbons (Fsp3) is 1.00. The lowest BCUT2D eigenvalue weighted by molar-refractivity contribution is -0.452. The lowest BCUT2D eigenvalue weighted by atomic mass is 9.85. The Balaban J connectivity index is 6.36. The highest BCUT2D eigenvalue weighted by Crippen LogP contribution is 2.63. The molecule has 0 aliphatic rings. The molecule has 0 saturated carbocycles. The molecule has 0 fully saturated rings. The summed E-state index contributed by atoms with van der Waals surface area (Å²) in [5.41, 5.74) is 0. The molecule has 0 aromatic heterocycles. The fourth-order valence-electron chi connectivity index (χ4n) is 2.59. The summed E-state index contributed by atoms with van der Waals surface area (Å²) in [5, 5.41) is 0. The summed E-state index contributed by atoms with van der Waals surface area (Å²) in [5.74, 6) is -46.0. The molecule has 194 valence electrons. The summed E-state index contributed by atoms with van der Waals surface area (Å²) in [7, 11) is 0. The van der Waals surface area contributed by atoms with Crippen molar-refractivity contribution in [3.8, 4) is 0 Å². The lowest BCUT2D eigenvalue weighted by Gasteiger charge is -2.43. The topological polar surface area (TPSA) is 0 Å². The summed E-state index contributed by atoms with van der Waals surface area (Å²) in [4.78, 5) is 0. The van der Waals surface area contributed by atoms with Gasteiger partial charge in [-0.05, 0) is 12.8 Å². The first-order chi connectivity index (χ1) is 13.8. The van der Waals surface area contributed by atoms with Crippen LogP contribution in [0.1, 0.15) is 52.4 Å². The van der Waals surface area contributed by atoms with E-state index in [1.165, 1.54) is 22.6 Å². The third-order valence-electron chi connectivity index (χ3n) is 4.79. The van der Waals surface area contributed by atoms with E-state index in [1.807, 2.05) is 0 Å². The third-order valence-corrected chi connectivity index (χ3v) is 6.48. The predicted octanol–water partition coefficient (Wildman–Crippen LogP) is 8.91. The zero-order valence-corrected chi connectivity index (χ0v) is 18.4. The smallest absolute Gasteiger partial charge is 0.200 e. The van der Waals surface area contributed by atoms with Gasteiger partial charge in [0.2, 0.25) is 0 Å². The molecule has 0 spiro atoms. The Morgan fingerprint density at radius 2 is 0.906 bits per heavy atom. The zero-order valence-electron chi connectivity index (χ0n) is 16.3. The molecular formula is C16H18F15I. The standard InChI is InChI=1S/C16H18F15I/c1-3-5-6-7-9(32,4-2)8-10(17,18)11(19,20)12(21,22)13(23,24)14(25,26)15(27,28)16(29,30)31/h3-8H2,1-2H3. The van der Waals surface area contributed by atoms with Crippen LogP contribution >= 0.6 is 22.6 Å². The predicted molar refractivity (Wildman–Crippen MR) is 91.5 cm³/mol. The van der Waals surface area contributed by atoms with Crippen molar-refractivity contribution in [1.82, 2.24) is 0 Å². The Morgan fingerprint density at radius 3 is 1.25 bits per heavy atom. The molecule has 0 heterocycles. The first kappa shape index (κ1) is 31.7. The molecular weight excluding hydrogens is 604 g/mol. The van der Waals surface area contributed by atoms with E-state index >= 15 is 0 Å². The van der Waals surface area contributed by atoms with Crippen LogP contribution in [0.4, 0.5) is 65.9 Å². The van der Waals surface area contributed by atoms with Gasteiger partial charge in [0.15, 0.2) is 0 Å². The third kappa shape index (κ3) is 5.18. The molecule has 0 aromatic carbocycles. The number of halogens is 16. The zero-order chi connectivity index (χ0) is 26.2. The molecule has 16 heteroatoms. The van der Waals surface area contributed by atoms with Gasteiger partial charge in [-0.25, -0.2) is 0 Å². The number of rotatable bonds is 12. The number of hydrogen-bond acceptors (Lipinski definition) is 0. The summed E-state index contributed by atoms with van der Waals surface area (Å²) in [6, 6.07) is 0. The molecule has 0 aliphatic heterocycles. The average Bonchev–Trinajstić information content (AvgIpc) is 2.59. The quantitative estimate of drug-likeness (QED) is 0.0883. The van der Waals surface area contributed by atoms with Crippen LogP contribution in [-0.4, -0.2) is 45.1 Å². The van der Waals surface area contributed by atoms with Gasteiger partial charge in [-0.2, -0.15) is 65.9 Å². The average molecular weight is 622 g/mol. The number of unbranched alkanes of at least 4 members (excludes halogenated alkanes) is 2. The van der Waals surface area contributed by atoms with E-state index in [-0.39, 0.29) is 12.8 Å². The van der Waals surface area contributed by atoms with Crippen molar-refractivity contribution >= 4 is 22.6 Å². The molecule has 0 radical (unpaired) electrons. The summed E-state index contributed by atoms with van der Waals surface area (Å²) < 4.78 is 197. The molecule has 0 bridgehead atoms. The van der Waals surface area contributed by atoms with Crippen molar-refractivity contribution in [2.24, 2.45) is 0 Å². The van der Waals surface area contributed by atoms with Crippen LogP contribution < -0.4 is 0 Å². The van der Waals surface area contributed by atoms with Crippen LogP contribution in [0.3, 0.4) is 0 Å². The van der Waals surface area contributed by atoms with Crippen molar-refractivity contribution in [2.75, 3.05) is 0 Å². The van der Waals surface area contributed by atoms with Gasteiger partial charge in [-0.1, -0.05) is 55.7 Å². The second-order valence-electron chi connectivity index (χ2n) is 7.21. The maximum atomic E-state index is 14.1. The van der Waals surface area contributed by atoms with Crippen molar-refractivity contribution in [3.63, 3.8) is 0 Å². The molecule has 0 nitrogen and oxygen atoms in total. The van der Waals surface area contributed by atoms with Gasteiger partial charge < -0.3 is 0 Å². The highest BCUT2D eigenvalue weighted by molar-refractivity contribution is 14.1. The Hall–Kier alpha value is -0.320. The minimum atomic E-state index is -8.23.